The van der Waals surface area contributed by atoms with E-state index in [0.717, 1.165) is 6.54 Å². The quantitative estimate of drug-likeness (QED) is 0.880. The molecule has 0 amide bonds. The summed E-state index contributed by atoms with van der Waals surface area (Å²) in [4.78, 5) is 21.3. The van der Waals surface area contributed by atoms with Gasteiger partial charge in [-0.15, -0.1) is 0 Å². The molecule has 20 heavy (non-hydrogen) atoms. The lowest BCUT2D eigenvalue weighted by Crippen LogP contribution is -2.36. The predicted octanol–water partition coefficient (Wildman–Crippen LogP) is 1.62. The third-order valence-electron chi connectivity index (χ3n) is 2.97. The number of hydrogen-bond donors (Lipinski definition) is 2. The number of nitrogens with one attached hydrogen (secondary N) is 2. The van der Waals surface area contributed by atoms with Gasteiger partial charge in [-0.1, -0.05) is 11.6 Å². The molecule has 0 spiro atoms. The molecule has 0 saturated heterocycles. The van der Waals surface area contributed by atoms with Crippen LogP contribution in [0.4, 0.5) is 0 Å². The van der Waals surface area contributed by atoms with Crippen LogP contribution >= 0.6 is 11.6 Å². The average molecular weight is 295 g/mol. The van der Waals surface area contributed by atoms with Gasteiger partial charge in [0.1, 0.15) is 5.82 Å². The zero-order valence-electron chi connectivity index (χ0n) is 11.9. The minimum Gasteiger partial charge on any atom is -0.309 e. The van der Waals surface area contributed by atoms with E-state index in [1.165, 1.54) is 0 Å². The Morgan fingerprint density at radius 3 is 2.90 bits per heavy atom. The number of hydrogen-bond acceptors (Lipinski definition) is 4. The summed E-state index contributed by atoms with van der Waals surface area (Å²) in [6, 6.07) is 5.40. The number of fused-ring (bicyclic) bond motifs is 1. The maximum absolute atomic E-state index is 12.0. The van der Waals surface area contributed by atoms with Gasteiger partial charge in [-0.25, -0.2) is 4.98 Å². The van der Waals surface area contributed by atoms with Crippen molar-refractivity contribution in [2.75, 3.05) is 20.6 Å². The number of benzene rings is 1. The normalized spacial score (nSPS) is 13.1. The molecule has 2 rings (SSSR count). The summed E-state index contributed by atoms with van der Waals surface area (Å²) >= 11 is 5.93. The largest absolute Gasteiger partial charge is 0.309 e. The Hall–Kier alpha value is -1.43. The van der Waals surface area contributed by atoms with Crippen molar-refractivity contribution >= 4 is 22.5 Å². The summed E-state index contributed by atoms with van der Waals surface area (Å²) < 4.78 is 0. The van der Waals surface area contributed by atoms with Gasteiger partial charge in [0.15, 0.2) is 0 Å². The first kappa shape index (κ1) is 15.0. The molecule has 2 N–H and O–H groups in total. The monoisotopic (exact) mass is 294 g/mol. The van der Waals surface area contributed by atoms with Gasteiger partial charge in [-0.2, -0.15) is 0 Å². The van der Waals surface area contributed by atoms with E-state index in [0.29, 0.717) is 34.3 Å². The molecule has 0 bridgehead atoms. The molecular formula is C14H19ClN4O. The van der Waals surface area contributed by atoms with Crippen LogP contribution < -0.4 is 10.9 Å². The summed E-state index contributed by atoms with van der Waals surface area (Å²) in [5.74, 6) is 0.621. The number of aromatic nitrogens is 2. The molecule has 5 nitrogen and oxygen atoms in total. The maximum atomic E-state index is 12.0. The van der Waals surface area contributed by atoms with Crippen molar-refractivity contribution in [1.29, 1.82) is 0 Å². The molecule has 0 radical (unpaired) electrons. The van der Waals surface area contributed by atoms with Crippen LogP contribution in [0, 0.1) is 0 Å². The van der Waals surface area contributed by atoms with Gasteiger partial charge in [0.05, 0.1) is 17.4 Å². The number of halogens is 1. The van der Waals surface area contributed by atoms with Crippen molar-refractivity contribution in [3.8, 4) is 0 Å². The van der Waals surface area contributed by atoms with Gasteiger partial charge in [-0.3, -0.25) is 4.79 Å². The van der Waals surface area contributed by atoms with E-state index in [1.54, 1.807) is 18.2 Å². The van der Waals surface area contributed by atoms with Crippen LogP contribution in [0.15, 0.2) is 23.0 Å². The number of H-pyrrole nitrogens is 1. The van der Waals surface area contributed by atoms with Crippen LogP contribution in [0.2, 0.25) is 5.02 Å². The number of rotatable bonds is 5. The Morgan fingerprint density at radius 2 is 2.20 bits per heavy atom. The van der Waals surface area contributed by atoms with E-state index >= 15 is 0 Å². The van der Waals surface area contributed by atoms with Gasteiger partial charge >= 0.3 is 0 Å². The van der Waals surface area contributed by atoms with Crippen LogP contribution in [0.1, 0.15) is 12.7 Å². The van der Waals surface area contributed by atoms with Crippen molar-refractivity contribution < 1.29 is 0 Å². The van der Waals surface area contributed by atoms with Crippen LogP contribution in [0.5, 0.6) is 0 Å². The molecule has 0 saturated carbocycles. The van der Waals surface area contributed by atoms with E-state index in [9.17, 15) is 4.79 Å². The summed E-state index contributed by atoms with van der Waals surface area (Å²) in [7, 11) is 4.05. The fraction of sp³-hybridized carbons (Fsp3) is 0.429. The first-order valence-corrected chi connectivity index (χ1v) is 6.90. The van der Waals surface area contributed by atoms with Gasteiger partial charge < -0.3 is 15.2 Å². The minimum atomic E-state index is -0.135. The van der Waals surface area contributed by atoms with E-state index in [4.69, 9.17) is 11.6 Å². The molecule has 108 valence electrons. The SMILES string of the molecule is CC(CN(C)C)NCc1nc2cc(Cl)ccc2c(=O)[nH]1. The molecule has 1 aromatic carbocycles. The fourth-order valence-corrected chi connectivity index (χ4v) is 2.29. The van der Waals surface area contributed by atoms with Crippen molar-refractivity contribution in [2.45, 2.75) is 19.5 Å². The molecule has 1 unspecified atom stereocenters. The molecular weight excluding hydrogens is 276 g/mol. The van der Waals surface area contributed by atoms with E-state index in [1.807, 2.05) is 14.1 Å². The zero-order valence-corrected chi connectivity index (χ0v) is 12.7. The van der Waals surface area contributed by atoms with Crippen molar-refractivity contribution in [2.24, 2.45) is 0 Å². The van der Waals surface area contributed by atoms with Crippen LogP contribution in [-0.4, -0.2) is 41.5 Å². The number of nitrogens with zero attached hydrogens (tertiary/aromatic N) is 2. The molecule has 0 aliphatic carbocycles. The summed E-state index contributed by atoms with van der Waals surface area (Å²) in [6.07, 6.45) is 0. The topological polar surface area (TPSA) is 61.0 Å². The average Bonchev–Trinajstić information content (AvgIpc) is 2.35. The highest BCUT2D eigenvalue weighted by atomic mass is 35.5. The minimum absolute atomic E-state index is 0.135. The van der Waals surface area contributed by atoms with Gasteiger partial charge in [0, 0.05) is 17.6 Å². The van der Waals surface area contributed by atoms with Gasteiger partial charge in [-0.05, 0) is 39.2 Å². The van der Waals surface area contributed by atoms with E-state index in [2.05, 4.69) is 27.1 Å². The smallest absolute Gasteiger partial charge is 0.258 e. The zero-order chi connectivity index (χ0) is 14.7. The first-order chi connectivity index (χ1) is 9.45. The lowest BCUT2D eigenvalue weighted by molar-refractivity contribution is 0.347. The third kappa shape index (κ3) is 3.79. The molecule has 2 aromatic rings. The highest BCUT2D eigenvalue weighted by Gasteiger charge is 2.07. The number of aromatic amines is 1. The molecule has 1 aromatic heterocycles. The van der Waals surface area contributed by atoms with Crippen molar-refractivity contribution in [3.63, 3.8) is 0 Å². The van der Waals surface area contributed by atoms with Gasteiger partial charge in [0.2, 0.25) is 0 Å². The third-order valence-corrected chi connectivity index (χ3v) is 3.21. The van der Waals surface area contributed by atoms with E-state index < -0.39 is 0 Å². The molecule has 0 aliphatic rings. The lowest BCUT2D eigenvalue weighted by atomic mass is 10.2. The lowest BCUT2D eigenvalue weighted by Gasteiger charge is -2.18. The first-order valence-electron chi connectivity index (χ1n) is 6.52. The van der Waals surface area contributed by atoms with E-state index in [-0.39, 0.29) is 5.56 Å². The standard InChI is InChI=1S/C14H19ClN4O/c1-9(8-19(2)3)16-7-13-17-12-6-10(15)4-5-11(12)14(20)18-13/h4-6,9,16H,7-8H2,1-3H3,(H,17,18,20). The predicted molar refractivity (Wildman–Crippen MR) is 82.2 cm³/mol. The Morgan fingerprint density at radius 1 is 1.45 bits per heavy atom. The highest BCUT2D eigenvalue weighted by Crippen LogP contribution is 2.14. The molecule has 0 fully saturated rings. The molecule has 0 aliphatic heterocycles. The van der Waals surface area contributed by atoms with Crippen molar-refractivity contribution in [3.05, 3.63) is 39.4 Å². The summed E-state index contributed by atoms with van der Waals surface area (Å²) in [5, 5.41) is 4.46. The van der Waals surface area contributed by atoms with Crippen LogP contribution in [-0.2, 0) is 6.54 Å². The van der Waals surface area contributed by atoms with Crippen molar-refractivity contribution in [1.82, 2.24) is 20.2 Å². The Bertz CT molecular complexity index is 653. The number of likely N-dealkylation sites (N-methyl/N-ethyl adjacent to an activating group) is 1. The van der Waals surface area contributed by atoms with Crippen LogP contribution in [0.25, 0.3) is 10.9 Å². The Kier molecular flexibility index (Phi) is 4.75. The highest BCUT2D eigenvalue weighted by molar-refractivity contribution is 6.31. The second kappa shape index (κ2) is 6.35. The summed E-state index contributed by atoms with van der Waals surface area (Å²) in [6.45, 7) is 3.53. The summed E-state index contributed by atoms with van der Waals surface area (Å²) in [5.41, 5.74) is 0.488. The molecule has 1 atom stereocenters. The maximum Gasteiger partial charge on any atom is 0.258 e. The Balaban J connectivity index is 2.17. The second-order valence-electron chi connectivity index (χ2n) is 5.22. The fourth-order valence-electron chi connectivity index (χ4n) is 2.13. The van der Waals surface area contributed by atoms with Gasteiger partial charge in [0.25, 0.3) is 5.56 Å². The molecule has 6 heteroatoms. The van der Waals surface area contributed by atoms with Crippen LogP contribution in [0.3, 0.4) is 0 Å². The second-order valence-corrected chi connectivity index (χ2v) is 5.65. The Labute approximate surface area is 123 Å². The molecule has 1 heterocycles.